The minimum Gasteiger partial charge on any atom is -0.256 e. The van der Waals surface area contributed by atoms with Gasteiger partial charge in [0.05, 0.1) is 5.69 Å². The van der Waals surface area contributed by atoms with E-state index in [0.29, 0.717) is 0 Å². The summed E-state index contributed by atoms with van der Waals surface area (Å²) >= 11 is 0. The molecule has 0 radical (unpaired) electrons. The lowest BCUT2D eigenvalue weighted by Gasteiger charge is -2.29. The van der Waals surface area contributed by atoms with Crippen molar-refractivity contribution < 1.29 is 0 Å². The van der Waals surface area contributed by atoms with Crippen LogP contribution in [-0.4, -0.2) is 4.98 Å². The highest BCUT2D eigenvalue weighted by molar-refractivity contribution is 5.59. The first-order chi connectivity index (χ1) is 13.3. The second-order valence-electron chi connectivity index (χ2n) is 8.54. The van der Waals surface area contributed by atoms with Gasteiger partial charge in [-0.15, -0.1) is 0 Å². The van der Waals surface area contributed by atoms with Crippen LogP contribution in [0.2, 0.25) is 0 Å². The van der Waals surface area contributed by atoms with Crippen LogP contribution >= 0.6 is 0 Å². The molecule has 0 saturated heterocycles. The third kappa shape index (κ3) is 6.19. The Labute approximate surface area is 166 Å². The summed E-state index contributed by atoms with van der Waals surface area (Å²) in [5.41, 5.74) is 5.10. The minimum atomic E-state index is 0.937. The molecule has 0 N–H and O–H groups in total. The number of aryl methyl sites for hydroxylation is 2. The summed E-state index contributed by atoms with van der Waals surface area (Å²) in [5, 5.41) is 0. The summed E-state index contributed by atoms with van der Waals surface area (Å²) in [7, 11) is 0. The fourth-order valence-electron chi connectivity index (χ4n) is 4.63. The van der Waals surface area contributed by atoms with Gasteiger partial charge in [0.2, 0.25) is 0 Å². The van der Waals surface area contributed by atoms with Crippen LogP contribution in [-0.2, 0) is 12.8 Å². The van der Waals surface area contributed by atoms with Gasteiger partial charge in [-0.25, -0.2) is 0 Å². The van der Waals surface area contributed by atoms with Crippen LogP contribution in [0.4, 0.5) is 0 Å². The zero-order chi connectivity index (χ0) is 18.9. The van der Waals surface area contributed by atoms with Crippen LogP contribution in [0.3, 0.4) is 0 Å². The van der Waals surface area contributed by atoms with Gasteiger partial charge in [0.25, 0.3) is 0 Å². The van der Waals surface area contributed by atoms with Gasteiger partial charge in [-0.2, -0.15) is 0 Å². The molecule has 2 atom stereocenters. The summed E-state index contributed by atoms with van der Waals surface area (Å²) in [6.45, 7) is 4.50. The Morgan fingerprint density at radius 3 is 2.26 bits per heavy atom. The monoisotopic (exact) mass is 363 g/mol. The molecule has 0 amide bonds. The first kappa shape index (κ1) is 20.1. The highest BCUT2D eigenvalue weighted by Crippen LogP contribution is 2.34. The lowest BCUT2D eigenvalue weighted by Crippen LogP contribution is -2.16. The Morgan fingerprint density at radius 1 is 0.852 bits per heavy atom. The van der Waals surface area contributed by atoms with Gasteiger partial charge in [-0.3, -0.25) is 4.98 Å². The van der Waals surface area contributed by atoms with E-state index in [0.717, 1.165) is 24.0 Å². The highest BCUT2D eigenvalue weighted by Gasteiger charge is 2.21. The van der Waals surface area contributed by atoms with Crippen LogP contribution in [0.25, 0.3) is 11.3 Å². The molecule has 146 valence electrons. The molecule has 1 saturated carbocycles. The molecule has 1 heterocycles. The van der Waals surface area contributed by atoms with Gasteiger partial charge < -0.3 is 0 Å². The molecule has 1 aromatic carbocycles. The summed E-state index contributed by atoms with van der Waals surface area (Å²) < 4.78 is 0. The first-order valence-electron chi connectivity index (χ1n) is 11.3. The highest BCUT2D eigenvalue weighted by atomic mass is 14.7. The second kappa shape index (κ2) is 10.6. The van der Waals surface area contributed by atoms with Gasteiger partial charge in [0.15, 0.2) is 0 Å². The van der Waals surface area contributed by atoms with E-state index in [4.69, 9.17) is 4.98 Å². The topological polar surface area (TPSA) is 12.9 Å². The molecule has 2 aromatic rings. The average molecular weight is 364 g/mol. The van der Waals surface area contributed by atoms with Crippen LogP contribution in [0.1, 0.15) is 82.8 Å². The fraction of sp³-hybridized carbons (Fsp3) is 0.577. The van der Waals surface area contributed by atoms with E-state index in [2.05, 4.69) is 56.4 Å². The zero-order valence-electron chi connectivity index (χ0n) is 17.4. The summed E-state index contributed by atoms with van der Waals surface area (Å²) in [4.78, 5) is 4.73. The molecule has 1 nitrogen and oxygen atoms in total. The van der Waals surface area contributed by atoms with Crippen LogP contribution in [0.5, 0.6) is 0 Å². The number of rotatable bonds is 9. The Bertz CT molecular complexity index is 656. The van der Waals surface area contributed by atoms with Crippen molar-refractivity contribution in [1.82, 2.24) is 4.98 Å². The molecular formula is C26H37N. The van der Waals surface area contributed by atoms with Gasteiger partial charge in [-0.1, -0.05) is 89.1 Å². The summed E-state index contributed by atoms with van der Waals surface area (Å²) in [6, 6.07) is 13.3. The Kier molecular flexibility index (Phi) is 7.93. The van der Waals surface area contributed by atoms with E-state index in [-0.39, 0.29) is 0 Å². The maximum absolute atomic E-state index is 4.73. The predicted octanol–water partition coefficient (Wildman–Crippen LogP) is 7.63. The smallest absolute Gasteiger partial charge is 0.0702 e. The quantitative estimate of drug-likeness (QED) is 0.417. The van der Waals surface area contributed by atoms with Crippen LogP contribution in [0.15, 0.2) is 42.6 Å². The minimum absolute atomic E-state index is 0.937. The molecule has 27 heavy (non-hydrogen) atoms. The van der Waals surface area contributed by atoms with Gasteiger partial charge >= 0.3 is 0 Å². The summed E-state index contributed by atoms with van der Waals surface area (Å²) in [5.74, 6) is 1.94. The zero-order valence-corrected chi connectivity index (χ0v) is 17.4. The van der Waals surface area contributed by atoms with Crippen molar-refractivity contribution in [3.05, 3.63) is 53.7 Å². The molecule has 1 fully saturated rings. The Morgan fingerprint density at radius 2 is 1.59 bits per heavy atom. The lowest BCUT2D eigenvalue weighted by molar-refractivity contribution is 0.240. The van der Waals surface area contributed by atoms with Crippen LogP contribution in [0, 0.1) is 11.8 Å². The number of nitrogens with zero attached hydrogens (tertiary/aromatic N) is 1. The standard InChI is InChI=1S/C26H37N/c1-3-5-6-8-22-9-7-10-23(19-22)11-12-24-15-18-26(27-20-24)25-16-13-21(4-2)14-17-25/h13-18,20,22-23H,3-12,19H2,1-2H3. The Hall–Kier alpha value is -1.63. The molecular weight excluding hydrogens is 326 g/mol. The van der Waals surface area contributed by atoms with Crippen molar-refractivity contribution in [2.45, 2.75) is 84.5 Å². The average Bonchev–Trinajstić information content (AvgIpc) is 2.73. The third-order valence-corrected chi connectivity index (χ3v) is 6.43. The number of benzene rings is 1. The van der Waals surface area contributed by atoms with Crippen molar-refractivity contribution in [3.8, 4) is 11.3 Å². The molecule has 0 aliphatic heterocycles. The number of hydrogen-bond donors (Lipinski definition) is 0. The Balaban J connectivity index is 1.48. The van der Waals surface area contributed by atoms with E-state index in [1.807, 2.05) is 0 Å². The predicted molar refractivity (Wildman–Crippen MR) is 117 cm³/mol. The normalized spacial score (nSPS) is 19.9. The van der Waals surface area contributed by atoms with E-state index < -0.39 is 0 Å². The molecule has 1 heteroatoms. The van der Waals surface area contributed by atoms with E-state index in [9.17, 15) is 0 Å². The maximum Gasteiger partial charge on any atom is 0.0702 e. The van der Waals surface area contributed by atoms with Crippen molar-refractivity contribution in [3.63, 3.8) is 0 Å². The van der Waals surface area contributed by atoms with E-state index >= 15 is 0 Å². The molecule has 2 unspecified atom stereocenters. The molecule has 0 spiro atoms. The third-order valence-electron chi connectivity index (χ3n) is 6.43. The molecule has 1 aromatic heterocycles. The number of pyridine rings is 1. The largest absolute Gasteiger partial charge is 0.256 e. The molecule has 1 aliphatic rings. The number of aromatic nitrogens is 1. The molecule has 1 aliphatic carbocycles. The fourth-order valence-corrected chi connectivity index (χ4v) is 4.63. The second-order valence-corrected chi connectivity index (χ2v) is 8.54. The van der Waals surface area contributed by atoms with E-state index in [1.54, 1.807) is 0 Å². The van der Waals surface area contributed by atoms with Gasteiger partial charge in [-0.05, 0) is 54.7 Å². The molecule has 3 rings (SSSR count). The lowest BCUT2D eigenvalue weighted by atomic mass is 9.77. The van der Waals surface area contributed by atoms with Gasteiger partial charge in [0.1, 0.15) is 0 Å². The van der Waals surface area contributed by atoms with Crippen molar-refractivity contribution >= 4 is 0 Å². The van der Waals surface area contributed by atoms with Gasteiger partial charge in [0, 0.05) is 11.8 Å². The number of hydrogen-bond acceptors (Lipinski definition) is 1. The maximum atomic E-state index is 4.73. The van der Waals surface area contributed by atoms with Crippen LogP contribution < -0.4 is 0 Å². The first-order valence-corrected chi connectivity index (χ1v) is 11.3. The molecule has 0 bridgehead atoms. The SMILES string of the molecule is CCCCCC1CCCC(CCc2ccc(-c3ccc(CC)cc3)nc2)C1. The van der Waals surface area contributed by atoms with E-state index in [1.165, 1.54) is 80.9 Å². The summed E-state index contributed by atoms with van der Waals surface area (Å²) in [6.07, 6.45) is 17.2. The van der Waals surface area contributed by atoms with Crippen molar-refractivity contribution in [1.29, 1.82) is 0 Å². The van der Waals surface area contributed by atoms with Crippen molar-refractivity contribution in [2.24, 2.45) is 11.8 Å². The van der Waals surface area contributed by atoms with Crippen molar-refractivity contribution in [2.75, 3.05) is 0 Å². The number of unbranched alkanes of at least 4 members (excludes halogenated alkanes) is 2.